The van der Waals surface area contributed by atoms with Gasteiger partial charge in [-0.05, 0) is 60.7 Å². The van der Waals surface area contributed by atoms with Gasteiger partial charge in [0.1, 0.15) is 23.0 Å². The van der Waals surface area contributed by atoms with E-state index in [9.17, 15) is 15.0 Å². The highest BCUT2D eigenvalue weighted by Crippen LogP contribution is 2.26. The van der Waals surface area contributed by atoms with Crippen LogP contribution in [0.2, 0.25) is 0 Å². The van der Waals surface area contributed by atoms with Gasteiger partial charge in [0.2, 0.25) is 0 Å². The number of amides is 1. The van der Waals surface area contributed by atoms with Gasteiger partial charge in [0.05, 0.1) is 19.8 Å². The Hall–Kier alpha value is -3.87. The second-order valence-electron chi connectivity index (χ2n) is 6.24. The first-order valence-electron chi connectivity index (χ1n) is 9.15. The van der Waals surface area contributed by atoms with Crippen LogP contribution >= 0.6 is 0 Å². The lowest BCUT2D eigenvalue weighted by Crippen LogP contribution is -2.26. The molecule has 0 aliphatic heterocycles. The molecule has 0 heterocycles. The molecule has 7 heteroatoms. The summed E-state index contributed by atoms with van der Waals surface area (Å²) in [5.74, 6) is 0.871. The highest BCUT2D eigenvalue weighted by Gasteiger charge is 2.17. The predicted molar refractivity (Wildman–Crippen MR) is 118 cm³/mol. The van der Waals surface area contributed by atoms with E-state index in [1.54, 1.807) is 45.5 Å². The molecular weight excluding hydrogens is 384 g/mol. The topological polar surface area (TPSA) is 91.3 Å². The largest absolute Gasteiger partial charge is 0.508 e. The zero-order chi connectivity index (χ0) is 22.1. The van der Waals surface area contributed by atoms with E-state index in [1.165, 1.54) is 17.0 Å². The van der Waals surface area contributed by atoms with Gasteiger partial charge < -0.3 is 29.9 Å². The highest BCUT2D eigenvalue weighted by molar-refractivity contribution is 6.07. The number of ether oxygens (including phenoxy) is 2. The first kappa shape index (κ1) is 22.4. The van der Waals surface area contributed by atoms with Crippen LogP contribution in [-0.4, -0.2) is 44.4 Å². The molecule has 0 aliphatic rings. The molecule has 0 bridgehead atoms. The standard InChI is InChI=1S/C15H15NO4.C8H11NO/c1-16(10-3-6-12(20-2)7-4-10)15(19)13-8-5-11(17)9-14(13)18;1-9-7-3-5-8(10-2)6-4-7/h3-9,17-18H,1-2H3;3-6,9H,1-2H3. The zero-order valence-corrected chi connectivity index (χ0v) is 17.4. The fourth-order valence-electron chi connectivity index (χ4n) is 2.56. The van der Waals surface area contributed by atoms with E-state index in [-0.39, 0.29) is 23.0 Å². The summed E-state index contributed by atoms with van der Waals surface area (Å²) in [4.78, 5) is 13.7. The monoisotopic (exact) mass is 410 g/mol. The molecule has 0 saturated carbocycles. The maximum atomic E-state index is 12.3. The molecule has 3 aromatic carbocycles. The number of phenols is 2. The summed E-state index contributed by atoms with van der Waals surface area (Å²) < 4.78 is 10.0. The maximum absolute atomic E-state index is 12.3. The van der Waals surface area contributed by atoms with E-state index in [2.05, 4.69) is 5.32 Å². The van der Waals surface area contributed by atoms with Gasteiger partial charge in [-0.15, -0.1) is 0 Å². The van der Waals surface area contributed by atoms with Crippen LogP contribution in [0.1, 0.15) is 10.4 Å². The van der Waals surface area contributed by atoms with Crippen molar-refractivity contribution in [2.75, 3.05) is 38.5 Å². The Balaban J connectivity index is 0.000000269. The normalized spacial score (nSPS) is 9.73. The molecule has 0 unspecified atom stereocenters. The number of hydrogen-bond acceptors (Lipinski definition) is 6. The van der Waals surface area contributed by atoms with Crippen LogP contribution in [0.4, 0.5) is 11.4 Å². The Morgan fingerprint density at radius 2 is 1.40 bits per heavy atom. The van der Waals surface area contributed by atoms with Crippen molar-refractivity contribution in [2.45, 2.75) is 0 Å². The van der Waals surface area contributed by atoms with Gasteiger partial charge >= 0.3 is 0 Å². The average Bonchev–Trinajstić information content (AvgIpc) is 2.78. The van der Waals surface area contributed by atoms with E-state index < -0.39 is 0 Å². The lowest BCUT2D eigenvalue weighted by molar-refractivity contribution is 0.0990. The van der Waals surface area contributed by atoms with Crippen LogP contribution in [0.15, 0.2) is 66.7 Å². The number of rotatable bonds is 5. The van der Waals surface area contributed by atoms with Gasteiger partial charge in [0.15, 0.2) is 0 Å². The third kappa shape index (κ3) is 5.81. The van der Waals surface area contributed by atoms with Gasteiger partial charge in [-0.25, -0.2) is 0 Å². The number of methoxy groups -OCH3 is 2. The van der Waals surface area contributed by atoms with Crippen LogP contribution in [0.25, 0.3) is 0 Å². The van der Waals surface area contributed by atoms with Crippen molar-refractivity contribution >= 4 is 17.3 Å². The highest BCUT2D eigenvalue weighted by atomic mass is 16.5. The smallest absolute Gasteiger partial charge is 0.261 e. The summed E-state index contributed by atoms with van der Waals surface area (Å²) in [6.45, 7) is 0. The summed E-state index contributed by atoms with van der Waals surface area (Å²) in [7, 11) is 6.73. The summed E-state index contributed by atoms with van der Waals surface area (Å²) in [5.41, 5.74) is 1.89. The van der Waals surface area contributed by atoms with Gasteiger partial charge in [-0.3, -0.25) is 4.79 Å². The van der Waals surface area contributed by atoms with Crippen LogP contribution in [0, 0.1) is 0 Å². The van der Waals surface area contributed by atoms with E-state index in [4.69, 9.17) is 9.47 Å². The minimum absolute atomic E-state index is 0.0915. The number of hydrogen-bond donors (Lipinski definition) is 3. The zero-order valence-electron chi connectivity index (χ0n) is 17.4. The first-order valence-corrected chi connectivity index (χ1v) is 9.15. The fourth-order valence-corrected chi connectivity index (χ4v) is 2.56. The Labute approximate surface area is 176 Å². The molecule has 3 aromatic rings. The molecule has 30 heavy (non-hydrogen) atoms. The minimum Gasteiger partial charge on any atom is -0.508 e. The molecular formula is C23H26N2O5. The molecule has 1 amide bonds. The number of aromatic hydroxyl groups is 2. The molecule has 0 saturated heterocycles. The number of phenolic OH excluding ortho intramolecular Hbond substituents is 2. The van der Waals surface area contributed by atoms with Crippen LogP contribution in [-0.2, 0) is 0 Å². The number of nitrogens with one attached hydrogen (secondary N) is 1. The number of anilines is 2. The molecule has 3 N–H and O–H groups in total. The molecule has 158 valence electrons. The van der Waals surface area contributed by atoms with Crippen LogP contribution in [0.5, 0.6) is 23.0 Å². The Bertz CT molecular complexity index is 933. The first-order chi connectivity index (χ1) is 14.4. The third-order valence-corrected chi connectivity index (χ3v) is 4.35. The molecule has 0 radical (unpaired) electrons. The number of nitrogens with zero attached hydrogens (tertiary/aromatic N) is 1. The van der Waals surface area contributed by atoms with Crippen molar-refractivity contribution in [3.63, 3.8) is 0 Å². The summed E-state index contributed by atoms with van der Waals surface area (Å²) in [6, 6.07) is 18.6. The van der Waals surface area contributed by atoms with Gasteiger partial charge in [0.25, 0.3) is 5.91 Å². The van der Waals surface area contributed by atoms with E-state index in [1.807, 2.05) is 31.3 Å². The van der Waals surface area contributed by atoms with E-state index in [0.717, 1.165) is 17.5 Å². The molecule has 0 aliphatic carbocycles. The Kier molecular flexibility index (Phi) is 7.93. The van der Waals surface area contributed by atoms with Crippen molar-refractivity contribution in [3.05, 3.63) is 72.3 Å². The Morgan fingerprint density at radius 3 is 1.87 bits per heavy atom. The molecule has 0 atom stereocenters. The second-order valence-corrected chi connectivity index (χ2v) is 6.24. The predicted octanol–water partition coefficient (Wildman–Crippen LogP) is 4.12. The van der Waals surface area contributed by atoms with E-state index >= 15 is 0 Å². The van der Waals surface area contributed by atoms with Gasteiger partial charge in [-0.2, -0.15) is 0 Å². The molecule has 7 nitrogen and oxygen atoms in total. The number of carbonyl (C=O) groups excluding carboxylic acids is 1. The van der Waals surface area contributed by atoms with Crippen molar-refractivity contribution in [1.82, 2.24) is 0 Å². The lowest BCUT2D eigenvalue weighted by atomic mass is 10.1. The van der Waals surface area contributed by atoms with Crippen molar-refractivity contribution < 1.29 is 24.5 Å². The fraction of sp³-hybridized carbons (Fsp3) is 0.174. The minimum atomic E-state index is -0.368. The molecule has 0 fully saturated rings. The molecule has 0 spiro atoms. The van der Waals surface area contributed by atoms with Crippen LogP contribution < -0.4 is 19.7 Å². The van der Waals surface area contributed by atoms with Crippen molar-refractivity contribution in [1.29, 1.82) is 0 Å². The lowest BCUT2D eigenvalue weighted by Gasteiger charge is -2.18. The maximum Gasteiger partial charge on any atom is 0.261 e. The molecule has 0 aromatic heterocycles. The quantitative estimate of drug-likeness (QED) is 0.586. The average molecular weight is 410 g/mol. The summed E-state index contributed by atoms with van der Waals surface area (Å²) in [5, 5.41) is 22.0. The Morgan fingerprint density at radius 1 is 0.867 bits per heavy atom. The van der Waals surface area contributed by atoms with Gasteiger partial charge in [0, 0.05) is 31.5 Å². The number of carbonyl (C=O) groups is 1. The number of benzene rings is 3. The van der Waals surface area contributed by atoms with Crippen molar-refractivity contribution in [2.24, 2.45) is 0 Å². The van der Waals surface area contributed by atoms with Gasteiger partial charge in [-0.1, -0.05) is 0 Å². The SMILES string of the molecule is CNc1ccc(OC)cc1.COc1ccc(N(C)C(=O)c2ccc(O)cc2O)cc1. The van der Waals surface area contributed by atoms with E-state index in [0.29, 0.717) is 11.4 Å². The van der Waals surface area contributed by atoms with Crippen molar-refractivity contribution in [3.8, 4) is 23.0 Å². The molecule has 3 rings (SSSR count). The third-order valence-electron chi connectivity index (χ3n) is 4.35. The summed E-state index contributed by atoms with van der Waals surface area (Å²) in [6.07, 6.45) is 0. The summed E-state index contributed by atoms with van der Waals surface area (Å²) >= 11 is 0. The second kappa shape index (κ2) is 10.6. The van der Waals surface area contributed by atoms with Crippen LogP contribution in [0.3, 0.4) is 0 Å².